The topological polar surface area (TPSA) is 53.4 Å². The standard InChI is InChI=1S/C17H20N2O2/c1-17(2,21)13-19(12-14-8-4-3-5-9-14)16(20)15-10-6-7-11-18-15/h3-11,21H,12-13H2,1-2H3. The highest BCUT2D eigenvalue weighted by Crippen LogP contribution is 2.13. The van der Waals surface area contributed by atoms with Gasteiger partial charge in [-0.25, -0.2) is 0 Å². The molecule has 0 radical (unpaired) electrons. The fraction of sp³-hybridized carbons (Fsp3) is 0.294. The molecule has 4 heteroatoms. The van der Waals surface area contributed by atoms with Gasteiger partial charge in [-0.05, 0) is 31.5 Å². The molecule has 0 fully saturated rings. The molecule has 0 saturated carbocycles. The van der Waals surface area contributed by atoms with Crippen molar-refractivity contribution in [3.63, 3.8) is 0 Å². The lowest BCUT2D eigenvalue weighted by Gasteiger charge is -2.29. The number of aromatic nitrogens is 1. The molecule has 1 aromatic carbocycles. The first-order valence-electron chi connectivity index (χ1n) is 6.92. The third kappa shape index (κ3) is 4.68. The minimum atomic E-state index is -0.959. The van der Waals surface area contributed by atoms with Crippen LogP contribution in [0.3, 0.4) is 0 Å². The smallest absolute Gasteiger partial charge is 0.272 e. The molecule has 4 nitrogen and oxygen atoms in total. The molecule has 0 aliphatic rings. The number of hydrogen-bond donors (Lipinski definition) is 1. The zero-order valence-electron chi connectivity index (χ0n) is 12.4. The minimum Gasteiger partial charge on any atom is -0.389 e. The maximum absolute atomic E-state index is 12.6. The van der Waals surface area contributed by atoms with E-state index in [0.717, 1.165) is 5.56 Å². The summed E-state index contributed by atoms with van der Waals surface area (Å²) < 4.78 is 0. The lowest BCUT2D eigenvalue weighted by atomic mass is 10.1. The molecule has 2 aromatic rings. The van der Waals surface area contributed by atoms with Crippen LogP contribution >= 0.6 is 0 Å². The number of hydrogen-bond acceptors (Lipinski definition) is 3. The third-order valence-electron chi connectivity index (χ3n) is 2.97. The van der Waals surface area contributed by atoms with Crippen molar-refractivity contribution in [3.8, 4) is 0 Å². The first-order chi connectivity index (χ1) is 9.96. The fourth-order valence-electron chi connectivity index (χ4n) is 2.12. The number of carbonyl (C=O) groups excluding carboxylic acids is 1. The second-order valence-electron chi connectivity index (χ2n) is 5.67. The van der Waals surface area contributed by atoms with Gasteiger partial charge >= 0.3 is 0 Å². The van der Waals surface area contributed by atoms with Gasteiger partial charge in [0.05, 0.1) is 5.60 Å². The highest BCUT2D eigenvalue weighted by atomic mass is 16.3. The number of aliphatic hydroxyl groups is 1. The SMILES string of the molecule is CC(C)(O)CN(Cc1ccccc1)C(=O)c1ccccn1. The number of carbonyl (C=O) groups is 1. The maximum atomic E-state index is 12.6. The highest BCUT2D eigenvalue weighted by molar-refractivity contribution is 5.92. The third-order valence-corrected chi connectivity index (χ3v) is 2.97. The van der Waals surface area contributed by atoms with E-state index in [9.17, 15) is 9.90 Å². The highest BCUT2D eigenvalue weighted by Gasteiger charge is 2.24. The van der Waals surface area contributed by atoms with Crippen LogP contribution < -0.4 is 0 Å². The van der Waals surface area contributed by atoms with Gasteiger partial charge in [0.2, 0.25) is 0 Å². The van der Waals surface area contributed by atoms with Crippen molar-refractivity contribution in [3.05, 3.63) is 66.0 Å². The van der Waals surface area contributed by atoms with Crippen molar-refractivity contribution < 1.29 is 9.90 Å². The predicted octanol–water partition coefficient (Wildman–Crippen LogP) is 2.49. The molecule has 0 aliphatic carbocycles. The van der Waals surface area contributed by atoms with Crippen molar-refractivity contribution in [2.75, 3.05) is 6.54 Å². The van der Waals surface area contributed by atoms with Crippen molar-refractivity contribution in [1.29, 1.82) is 0 Å². The summed E-state index contributed by atoms with van der Waals surface area (Å²) in [6.45, 7) is 4.07. The van der Waals surface area contributed by atoms with Crippen molar-refractivity contribution in [2.45, 2.75) is 26.0 Å². The van der Waals surface area contributed by atoms with E-state index in [1.165, 1.54) is 0 Å². The molecule has 1 amide bonds. The molecule has 0 aliphatic heterocycles. The second kappa shape index (κ2) is 6.50. The monoisotopic (exact) mass is 284 g/mol. The second-order valence-corrected chi connectivity index (χ2v) is 5.67. The largest absolute Gasteiger partial charge is 0.389 e. The van der Waals surface area contributed by atoms with Gasteiger partial charge in [-0.1, -0.05) is 36.4 Å². The van der Waals surface area contributed by atoms with Crippen LogP contribution in [0.25, 0.3) is 0 Å². The zero-order valence-corrected chi connectivity index (χ0v) is 12.4. The average molecular weight is 284 g/mol. The Balaban J connectivity index is 2.22. The van der Waals surface area contributed by atoms with Gasteiger partial charge in [-0.15, -0.1) is 0 Å². The molecule has 0 unspecified atom stereocenters. The van der Waals surface area contributed by atoms with Gasteiger partial charge in [-0.3, -0.25) is 9.78 Å². The lowest BCUT2D eigenvalue weighted by molar-refractivity contribution is 0.0277. The van der Waals surface area contributed by atoms with Crippen LogP contribution in [0.5, 0.6) is 0 Å². The summed E-state index contributed by atoms with van der Waals surface area (Å²) in [5, 5.41) is 10.0. The Morgan fingerprint density at radius 1 is 1.14 bits per heavy atom. The van der Waals surface area contributed by atoms with E-state index in [-0.39, 0.29) is 12.5 Å². The van der Waals surface area contributed by atoms with Gasteiger partial charge in [0, 0.05) is 19.3 Å². The Morgan fingerprint density at radius 3 is 2.38 bits per heavy atom. The van der Waals surface area contributed by atoms with Crippen LogP contribution in [-0.2, 0) is 6.54 Å². The first kappa shape index (κ1) is 15.2. The molecule has 2 rings (SSSR count). The van der Waals surface area contributed by atoms with E-state index in [1.807, 2.05) is 30.3 Å². The van der Waals surface area contributed by atoms with E-state index in [4.69, 9.17) is 0 Å². The fourth-order valence-corrected chi connectivity index (χ4v) is 2.12. The quantitative estimate of drug-likeness (QED) is 0.917. The molecule has 0 bridgehead atoms. The molecule has 0 saturated heterocycles. The van der Waals surface area contributed by atoms with Gasteiger partial charge in [0.25, 0.3) is 5.91 Å². The number of nitrogens with zero attached hydrogens (tertiary/aromatic N) is 2. The number of benzene rings is 1. The number of amides is 1. The van der Waals surface area contributed by atoms with E-state index in [2.05, 4.69) is 4.98 Å². The van der Waals surface area contributed by atoms with Gasteiger partial charge in [0.1, 0.15) is 5.69 Å². The Bertz CT molecular complexity index is 577. The molecule has 0 spiro atoms. The van der Waals surface area contributed by atoms with Crippen molar-refractivity contribution in [2.24, 2.45) is 0 Å². The van der Waals surface area contributed by atoms with Crippen molar-refractivity contribution >= 4 is 5.91 Å². The van der Waals surface area contributed by atoms with Crippen LogP contribution in [0.2, 0.25) is 0 Å². The van der Waals surface area contributed by atoms with Crippen LogP contribution in [0.15, 0.2) is 54.7 Å². The van der Waals surface area contributed by atoms with Gasteiger partial charge in [-0.2, -0.15) is 0 Å². The van der Waals surface area contributed by atoms with Crippen LogP contribution in [0.4, 0.5) is 0 Å². The average Bonchev–Trinajstić information content (AvgIpc) is 2.46. The van der Waals surface area contributed by atoms with E-state index >= 15 is 0 Å². The predicted molar refractivity (Wildman–Crippen MR) is 81.7 cm³/mol. The van der Waals surface area contributed by atoms with E-state index in [1.54, 1.807) is 43.1 Å². The first-order valence-corrected chi connectivity index (χ1v) is 6.92. The summed E-state index contributed by atoms with van der Waals surface area (Å²) in [5.41, 5.74) is 0.447. The van der Waals surface area contributed by atoms with Crippen LogP contribution in [0, 0.1) is 0 Å². The Hall–Kier alpha value is -2.20. The molecular weight excluding hydrogens is 264 g/mol. The Morgan fingerprint density at radius 2 is 1.81 bits per heavy atom. The van der Waals surface area contributed by atoms with Gasteiger partial charge < -0.3 is 10.0 Å². The maximum Gasteiger partial charge on any atom is 0.272 e. The summed E-state index contributed by atoms with van der Waals surface area (Å²) >= 11 is 0. The van der Waals surface area contributed by atoms with E-state index < -0.39 is 5.60 Å². The summed E-state index contributed by atoms with van der Waals surface area (Å²) in [6.07, 6.45) is 1.60. The molecule has 110 valence electrons. The summed E-state index contributed by atoms with van der Waals surface area (Å²) in [6, 6.07) is 15.0. The Kier molecular flexibility index (Phi) is 4.70. The molecule has 1 N–H and O–H groups in total. The van der Waals surface area contributed by atoms with E-state index in [0.29, 0.717) is 12.2 Å². The summed E-state index contributed by atoms with van der Waals surface area (Å²) in [4.78, 5) is 18.3. The summed E-state index contributed by atoms with van der Waals surface area (Å²) in [7, 11) is 0. The molecular formula is C17H20N2O2. The zero-order chi connectivity index (χ0) is 15.3. The van der Waals surface area contributed by atoms with Crippen LogP contribution in [-0.4, -0.2) is 33.0 Å². The minimum absolute atomic E-state index is 0.179. The normalized spacial score (nSPS) is 11.2. The molecule has 1 heterocycles. The summed E-state index contributed by atoms with van der Waals surface area (Å²) in [5.74, 6) is -0.179. The number of rotatable bonds is 5. The van der Waals surface area contributed by atoms with Crippen molar-refractivity contribution in [1.82, 2.24) is 9.88 Å². The molecule has 1 aromatic heterocycles. The molecule has 21 heavy (non-hydrogen) atoms. The Labute approximate surface area is 125 Å². The van der Waals surface area contributed by atoms with Crippen LogP contribution in [0.1, 0.15) is 29.9 Å². The van der Waals surface area contributed by atoms with Gasteiger partial charge in [0.15, 0.2) is 0 Å². The number of pyridine rings is 1. The lowest BCUT2D eigenvalue weighted by Crippen LogP contribution is -2.42. The molecule has 0 atom stereocenters.